The van der Waals surface area contributed by atoms with Gasteiger partial charge in [-0.15, -0.1) is 0 Å². The van der Waals surface area contributed by atoms with E-state index < -0.39 is 0 Å². The number of carbonyl (C=O) groups excluding carboxylic acids is 1. The molecule has 0 spiro atoms. The van der Waals surface area contributed by atoms with E-state index >= 15 is 0 Å². The van der Waals surface area contributed by atoms with Crippen molar-refractivity contribution in [2.24, 2.45) is 0 Å². The Labute approximate surface area is 120 Å². The molecule has 0 aliphatic rings. The summed E-state index contributed by atoms with van der Waals surface area (Å²) in [5, 5.41) is 12.9. The number of hydrogen-bond acceptors (Lipinski definition) is 2. The second kappa shape index (κ2) is 5.95. The fraction of sp³-hybridized carbons (Fsp3) is 0.0714. The van der Waals surface area contributed by atoms with Gasteiger partial charge in [0, 0.05) is 11.8 Å². The molecule has 0 fully saturated rings. The van der Waals surface area contributed by atoms with Gasteiger partial charge in [0.1, 0.15) is 5.75 Å². The number of nitrogens with one attached hydrogen (secondary N) is 1. The van der Waals surface area contributed by atoms with E-state index in [0.29, 0.717) is 15.7 Å². The summed E-state index contributed by atoms with van der Waals surface area (Å²) in [6.07, 6.45) is 0.187. The van der Waals surface area contributed by atoms with Gasteiger partial charge in [-0.05, 0) is 29.8 Å². The van der Waals surface area contributed by atoms with Crippen LogP contribution in [0.4, 0.5) is 5.69 Å². The molecular weight excluding hydrogens is 285 g/mol. The molecule has 0 aromatic heterocycles. The van der Waals surface area contributed by atoms with Crippen molar-refractivity contribution < 1.29 is 9.90 Å². The predicted molar refractivity (Wildman–Crippen MR) is 76.9 cm³/mol. The fourth-order valence-corrected chi connectivity index (χ4v) is 1.94. The number of halogens is 2. The Morgan fingerprint density at radius 3 is 2.58 bits per heavy atom. The van der Waals surface area contributed by atoms with Gasteiger partial charge in [-0.1, -0.05) is 35.3 Å². The number of carbonyl (C=O) groups is 1. The lowest BCUT2D eigenvalue weighted by molar-refractivity contribution is -0.115. The van der Waals surface area contributed by atoms with E-state index in [1.807, 2.05) is 0 Å². The summed E-state index contributed by atoms with van der Waals surface area (Å²) in [5.74, 6) is -0.0867. The molecule has 0 radical (unpaired) electrons. The largest absolute Gasteiger partial charge is 0.508 e. The van der Waals surface area contributed by atoms with Gasteiger partial charge < -0.3 is 10.4 Å². The van der Waals surface area contributed by atoms with E-state index in [0.717, 1.165) is 5.56 Å². The van der Waals surface area contributed by atoms with Gasteiger partial charge >= 0.3 is 0 Å². The average Bonchev–Trinajstić information content (AvgIpc) is 2.34. The molecule has 0 heterocycles. The number of aromatic hydroxyl groups is 1. The Balaban J connectivity index is 2.03. The summed E-state index contributed by atoms with van der Waals surface area (Å²) in [7, 11) is 0. The van der Waals surface area contributed by atoms with E-state index in [1.165, 1.54) is 12.1 Å². The highest BCUT2D eigenvalue weighted by Crippen LogP contribution is 2.23. The maximum absolute atomic E-state index is 11.8. The third kappa shape index (κ3) is 3.88. The molecule has 19 heavy (non-hydrogen) atoms. The summed E-state index contributed by atoms with van der Waals surface area (Å²) in [5.41, 5.74) is 1.32. The van der Waals surface area contributed by atoms with Gasteiger partial charge in [0.05, 0.1) is 16.5 Å². The van der Waals surface area contributed by atoms with Gasteiger partial charge in [-0.3, -0.25) is 4.79 Å². The van der Waals surface area contributed by atoms with E-state index in [-0.39, 0.29) is 18.1 Å². The zero-order valence-corrected chi connectivity index (χ0v) is 11.4. The first-order valence-corrected chi connectivity index (χ1v) is 6.33. The SMILES string of the molecule is O=C(Cc1ccc(Cl)c(Cl)c1)Nc1cccc(O)c1. The minimum Gasteiger partial charge on any atom is -0.508 e. The van der Waals surface area contributed by atoms with Gasteiger partial charge in [0.15, 0.2) is 0 Å². The summed E-state index contributed by atoms with van der Waals surface area (Å²) < 4.78 is 0. The normalized spacial score (nSPS) is 10.2. The molecule has 0 atom stereocenters. The Morgan fingerprint density at radius 2 is 1.89 bits per heavy atom. The highest BCUT2D eigenvalue weighted by molar-refractivity contribution is 6.42. The lowest BCUT2D eigenvalue weighted by Crippen LogP contribution is -2.14. The number of phenolic OH excluding ortho intramolecular Hbond substituents is 1. The van der Waals surface area contributed by atoms with Crippen molar-refractivity contribution in [2.75, 3.05) is 5.32 Å². The molecule has 1 amide bonds. The van der Waals surface area contributed by atoms with Crippen LogP contribution in [0, 0.1) is 0 Å². The van der Waals surface area contributed by atoms with Crippen molar-refractivity contribution in [3.8, 4) is 5.75 Å². The van der Waals surface area contributed by atoms with Crippen LogP contribution < -0.4 is 5.32 Å². The summed E-state index contributed by atoms with van der Waals surface area (Å²) >= 11 is 11.7. The summed E-state index contributed by atoms with van der Waals surface area (Å²) in [6.45, 7) is 0. The molecular formula is C14H11Cl2NO2. The van der Waals surface area contributed by atoms with Crippen molar-refractivity contribution in [3.05, 3.63) is 58.1 Å². The predicted octanol–water partition coefficient (Wildman–Crippen LogP) is 3.88. The van der Waals surface area contributed by atoms with Crippen LogP contribution in [0.1, 0.15) is 5.56 Å². The Bertz CT molecular complexity index is 614. The summed E-state index contributed by atoms with van der Waals surface area (Å²) in [4.78, 5) is 11.8. The second-order valence-corrected chi connectivity index (χ2v) is 4.84. The van der Waals surface area contributed by atoms with Crippen molar-refractivity contribution in [3.63, 3.8) is 0 Å². The zero-order chi connectivity index (χ0) is 13.8. The van der Waals surface area contributed by atoms with Crippen LogP contribution in [-0.4, -0.2) is 11.0 Å². The zero-order valence-electron chi connectivity index (χ0n) is 9.86. The molecule has 98 valence electrons. The molecule has 0 bridgehead atoms. The van der Waals surface area contributed by atoms with Crippen LogP contribution in [0.15, 0.2) is 42.5 Å². The maximum Gasteiger partial charge on any atom is 0.228 e. The maximum atomic E-state index is 11.8. The molecule has 2 rings (SSSR count). The second-order valence-electron chi connectivity index (χ2n) is 4.02. The standard InChI is InChI=1S/C14H11Cl2NO2/c15-12-5-4-9(6-13(12)16)7-14(19)17-10-2-1-3-11(18)8-10/h1-6,8,18H,7H2,(H,17,19). The molecule has 2 aromatic rings. The van der Waals surface area contributed by atoms with Gasteiger partial charge in [0.2, 0.25) is 5.91 Å². The van der Waals surface area contributed by atoms with Gasteiger partial charge in [-0.25, -0.2) is 0 Å². The van der Waals surface area contributed by atoms with E-state index in [1.54, 1.807) is 30.3 Å². The summed E-state index contributed by atoms with van der Waals surface area (Å²) in [6, 6.07) is 11.4. The third-order valence-electron chi connectivity index (χ3n) is 2.48. The molecule has 2 N–H and O–H groups in total. The van der Waals surface area contributed by atoms with Crippen LogP contribution in [-0.2, 0) is 11.2 Å². The van der Waals surface area contributed by atoms with Crippen LogP contribution in [0.2, 0.25) is 10.0 Å². The van der Waals surface area contributed by atoms with Crippen LogP contribution >= 0.6 is 23.2 Å². The fourth-order valence-electron chi connectivity index (χ4n) is 1.62. The van der Waals surface area contributed by atoms with Crippen molar-refractivity contribution in [1.82, 2.24) is 0 Å². The van der Waals surface area contributed by atoms with Crippen molar-refractivity contribution in [2.45, 2.75) is 6.42 Å². The monoisotopic (exact) mass is 295 g/mol. The Kier molecular flexibility index (Phi) is 4.30. The molecule has 0 saturated heterocycles. The van der Waals surface area contributed by atoms with E-state index in [2.05, 4.69) is 5.32 Å². The third-order valence-corrected chi connectivity index (χ3v) is 3.22. The van der Waals surface area contributed by atoms with Crippen molar-refractivity contribution >= 4 is 34.8 Å². The Hall–Kier alpha value is -1.71. The van der Waals surface area contributed by atoms with Crippen LogP contribution in [0.5, 0.6) is 5.75 Å². The molecule has 0 aliphatic heterocycles. The van der Waals surface area contributed by atoms with Crippen LogP contribution in [0.3, 0.4) is 0 Å². The van der Waals surface area contributed by atoms with Gasteiger partial charge in [-0.2, -0.15) is 0 Å². The lowest BCUT2D eigenvalue weighted by Gasteiger charge is -2.06. The minimum atomic E-state index is -0.191. The first kappa shape index (κ1) is 13.7. The minimum absolute atomic E-state index is 0.104. The molecule has 0 aliphatic carbocycles. The van der Waals surface area contributed by atoms with Crippen LogP contribution in [0.25, 0.3) is 0 Å². The van der Waals surface area contributed by atoms with Crippen molar-refractivity contribution in [1.29, 1.82) is 0 Å². The molecule has 0 unspecified atom stereocenters. The topological polar surface area (TPSA) is 49.3 Å². The molecule has 0 saturated carbocycles. The molecule has 3 nitrogen and oxygen atoms in total. The van der Waals surface area contributed by atoms with Gasteiger partial charge in [0.25, 0.3) is 0 Å². The highest BCUT2D eigenvalue weighted by atomic mass is 35.5. The number of rotatable bonds is 3. The lowest BCUT2D eigenvalue weighted by atomic mass is 10.1. The van der Waals surface area contributed by atoms with E-state index in [4.69, 9.17) is 23.2 Å². The molecule has 5 heteroatoms. The number of phenols is 1. The highest BCUT2D eigenvalue weighted by Gasteiger charge is 2.06. The first-order chi connectivity index (χ1) is 9.04. The Morgan fingerprint density at radius 1 is 1.11 bits per heavy atom. The smallest absolute Gasteiger partial charge is 0.228 e. The average molecular weight is 296 g/mol. The first-order valence-electron chi connectivity index (χ1n) is 5.57. The number of amides is 1. The quantitative estimate of drug-likeness (QED) is 0.903. The molecule has 2 aromatic carbocycles. The van der Waals surface area contributed by atoms with E-state index in [9.17, 15) is 9.90 Å². The number of benzene rings is 2. The number of hydrogen-bond donors (Lipinski definition) is 2. The number of anilines is 1.